The maximum absolute atomic E-state index is 4.55. The Kier molecular flexibility index (Phi) is 3.89. The first-order chi connectivity index (χ1) is 9.22. The molecule has 4 nitrogen and oxygen atoms in total. The predicted molar refractivity (Wildman–Crippen MR) is 77.0 cm³/mol. The Hall–Kier alpha value is -0.870. The summed E-state index contributed by atoms with van der Waals surface area (Å²) in [6.45, 7) is 9.06. The fourth-order valence-corrected chi connectivity index (χ4v) is 3.16. The van der Waals surface area contributed by atoms with Crippen molar-refractivity contribution in [3.63, 3.8) is 0 Å². The maximum atomic E-state index is 4.55. The summed E-state index contributed by atoms with van der Waals surface area (Å²) in [6.07, 6.45) is 8.51. The minimum absolute atomic E-state index is 0.486. The average molecular weight is 262 g/mol. The second-order valence-electron chi connectivity index (χ2n) is 6.32. The highest BCUT2D eigenvalue weighted by atomic mass is 15.3. The van der Waals surface area contributed by atoms with Gasteiger partial charge in [-0.2, -0.15) is 5.10 Å². The largest absolute Gasteiger partial charge is 0.312 e. The van der Waals surface area contributed by atoms with Gasteiger partial charge in [-0.05, 0) is 32.6 Å². The lowest BCUT2D eigenvalue weighted by atomic mass is 9.85. The molecule has 2 fully saturated rings. The molecule has 4 heteroatoms. The summed E-state index contributed by atoms with van der Waals surface area (Å²) in [5.41, 5.74) is 1.37. The van der Waals surface area contributed by atoms with Crippen molar-refractivity contribution in [1.82, 2.24) is 20.0 Å². The highest BCUT2D eigenvalue weighted by Gasteiger charge is 2.23. The fraction of sp³-hybridized carbons (Fsp3) is 0.800. The van der Waals surface area contributed by atoms with Gasteiger partial charge in [-0.1, -0.05) is 6.42 Å². The van der Waals surface area contributed by atoms with Gasteiger partial charge in [-0.25, -0.2) is 0 Å². The minimum Gasteiger partial charge on any atom is -0.312 e. The zero-order valence-corrected chi connectivity index (χ0v) is 12.2. The van der Waals surface area contributed by atoms with E-state index in [1.165, 1.54) is 24.8 Å². The third-order valence-electron chi connectivity index (χ3n) is 4.75. The van der Waals surface area contributed by atoms with E-state index in [1.807, 2.05) is 0 Å². The van der Waals surface area contributed by atoms with Crippen LogP contribution in [-0.2, 0) is 6.54 Å². The molecule has 1 N–H and O–H groups in total. The number of hydrogen-bond donors (Lipinski definition) is 1. The zero-order chi connectivity index (χ0) is 13.2. The Morgan fingerprint density at radius 1 is 1.47 bits per heavy atom. The van der Waals surface area contributed by atoms with E-state index in [0.29, 0.717) is 12.1 Å². The molecular weight excluding hydrogens is 236 g/mol. The normalized spacial score (nSPS) is 27.2. The molecule has 19 heavy (non-hydrogen) atoms. The lowest BCUT2D eigenvalue weighted by molar-refractivity contribution is 0.158. The van der Waals surface area contributed by atoms with Crippen molar-refractivity contribution >= 4 is 0 Å². The summed E-state index contributed by atoms with van der Waals surface area (Å²) < 4.78 is 2.15. The van der Waals surface area contributed by atoms with Crippen LogP contribution in [0.1, 0.15) is 44.7 Å². The summed E-state index contributed by atoms with van der Waals surface area (Å²) in [5, 5.41) is 8.05. The molecule has 0 spiro atoms. The number of aromatic nitrogens is 2. The zero-order valence-electron chi connectivity index (χ0n) is 12.2. The molecule has 0 bridgehead atoms. The Morgan fingerprint density at radius 3 is 3.00 bits per heavy atom. The lowest BCUT2D eigenvalue weighted by Crippen LogP contribution is -2.49. The van der Waals surface area contributed by atoms with Gasteiger partial charge in [0.1, 0.15) is 0 Å². The van der Waals surface area contributed by atoms with Crippen LogP contribution < -0.4 is 5.32 Å². The van der Waals surface area contributed by atoms with Crippen LogP contribution >= 0.6 is 0 Å². The van der Waals surface area contributed by atoms with Crippen LogP contribution in [0.3, 0.4) is 0 Å². The summed E-state index contributed by atoms with van der Waals surface area (Å²) in [4.78, 5) is 2.56. The third-order valence-corrected chi connectivity index (χ3v) is 4.75. The summed E-state index contributed by atoms with van der Waals surface area (Å²) in [5.74, 6) is 0.877. The molecular formula is C15H26N4. The van der Waals surface area contributed by atoms with Crippen molar-refractivity contribution in [2.75, 3.05) is 19.6 Å². The summed E-state index contributed by atoms with van der Waals surface area (Å²) >= 11 is 0. The molecule has 1 saturated heterocycles. The van der Waals surface area contributed by atoms with E-state index < -0.39 is 0 Å². The third kappa shape index (κ3) is 3.00. The fourth-order valence-electron chi connectivity index (χ4n) is 3.16. The first-order valence-electron chi connectivity index (χ1n) is 7.72. The van der Waals surface area contributed by atoms with Crippen LogP contribution in [0.15, 0.2) is 12.4 Å². The van der Waals surface area contributed by atoms with E-state index in [9.17, 15) is 0 Å². The molecule has 0 amide bonds. The maximum Gasteiger partial charge on any atom is 0.0537 e. The molecule has 1 aliphatic heterocycles. The van der Waals surface area contributed by atoms with Crippen molar-refractivity contribution in [3.8, 4) is 0 Å². The van der Waals surface area contributed by atoms with Crippen LogP contribution in [0.2, 0.25) is 0 Å². The quantitative estimate of drug-likeness (QED) is 0.901. The second kappa shape index (κ2) is 5.63. The predicted octanol–water partition coefficient (Wildman–Crippen LogP) is 2.04. The number of hydrogen-bond acceptors (Lipinski definition) is 3. The van der Waals surface area contributed by atoms with Crippen LogP contribution in [0.25, 0.3) is 0 Å². The molecule has 2 heterocycles. The van der Waals surface area contributed by atoms with E-state index in [0.717, 1.165) is 32.1 Å². The first kappa shape index (κ1) is 13.1. The van der Waals surface area contributed by atoms with Crippen molar-refractivity contribution in [3.05, 3.63) is 18.0 Å². The molecule has 0 aromatic carbocycles. The van der Waals surface area contributed by atoms with Crippen molar-refractivity contribution in [2.24, 2.45) is 5.92 Å². The first-order valence-corrected chi connectivity index (χ1v) is 7.72. The van der Waals surface area contributed by atoms with Gasteiger partial charge in [0, 0.05) is 50.0 Å². The molecule has 1 saturated carbocycles. The molecule has 0 radical (unpaired) electrons. The van der Waals surface area contributed by atoms with Gasteiger partial charge in [0.05, 0.1) is 6.20 Å². The van der Waals surface area contributed by atoms with Crippen LogP contribution in [0.5, 0.6) is 0 Å². The molecule has 1 aromatic rings. The van der Waals surface area contributed by atoms with E-state index in [-0.39, 0.29) is 0 Å². The van der Waals surface area contributed by atoms with E-state index in [4.69, 9.17) is 0 Å². The van der Waals surface area contributed by atoms with E-state index in [1.54, 1.807) is 0 Å². The van der Waals surface area contributed by atoms with Crippen molar-refractivity contribution in [2.45, 2.75) is 51.7 Å². The topological polar surface area (TPSA) is 33.1 Å². The standard InChI is InChI=1S/C15H26N4/c1-12-9-18(7-6-16-12)13(2)15-8-17-19(11-15)10-14-4-3-5-14/h8,11-14,16H,3-7,9-10H2,1-2H3. The van der Waals surface area contributed by atoms with Gasteiger partial charge < -0.3 is 5.32 Å². The number of nitrogens with zero attached hydrogens (tertiary/aromatic N) is 3. The Morgan fingerprint density at radius 2 is 2.32 bits per heavy atom. The summed E-state index contributed by atoms with van der Waals surface area (Å²) in [6, 6.07) is 1.08. The molecule has 2 atom stereocenters. The number of rotatable bonds is 4. The van der Waals surface area contributed by atoms with Crippen LogP contribution in [0, 0.1) is 5.92 Å². The van der Waals surface area contributed by atoms with Gasteiger partial charge in [0.15, 0.2) is 0 Å². The van der Waals surface area contributed by atoms with E-state index in [2.05, 4.69) is 46.2 Å². The average Bonchev–Trinajstić information content (AvgIpc) is 2.81. The number of piperazine rings is 1. The van der Waals surface area contributed by atoms with Gasteiger partial charge in [0.25, 0.3) is 0 Å². The Labute approximate surface area is 116 Å². The molecule has 106 valence electrons. The monoisotopic (exact) mass is 262 g/mol. The van der Waals surface area contributed by atoms with Crippen molar-refractivity contribution < 1.29 is 0 Å². The highest BCUT2D eigenvalue weighted by Crippen LogP contribution is 2.28. The minimum atomic E-state index is 0.486. The lowest BCUT2D eigenvalue weighted by Gasteiger charge is -2.35. The Balaban J connectivity index is 1.60. The van der Waals surface area contributed by atoms with Gasteiger partial charge in [0.2, 0.25) is 0 Å². The van der Waals surface area contributed by atoms with E-state index >= 15 is 0 Å². The molecule has 2 unspecified atom stereocenters. The van der Waals surface area contributed by atoms with Crippen LogP contribution in [0.4, 0.5) is 0 Å². The molecule has 1 aromatic heterocycles. The highest BCUT2D eigenvalue weighted by molar-refractivity contribution is 5.10. The van der Waals surface area contributed by atoms with Gasteiger partial charge >= 0.3 is 0 Å². The van der Waals surface area contributed by atoms with Crippen LogP contribution in [-0.4, -0.2) is 40.4 Å². The second-order valence-corrected chi connectivity index (χ2v) is 6.32. The molecule has 3 rings (SSSR count). The SMILES string of the molecule is CC1CN(C(C)c2cnn(CC3CCC3)c2)CCN1. The van der Waals surface area contributed by atoms with Gasteiger partial charge in [-0.15, -0.1) is 0 Å². The number of nitrogens with one attached hydrogen (secondary N) is 1. The van der Waals surface area contributed by atoms with Gasteiger partial charge in [-0.3, -0.25) is 9.58 Å². The molecule has 1 aliphatic carbocycles. The molecule has 2 aliphatic rings. The summed E-state index contributed by atoms with van der Waals surface area (Å²) in [7, 11) is 0. The smallest absolute Gasteiger partial charge is 0.0537 e. The van der Waals surface area contributed by atoms with Crippen molar-refractivity contribution in [1.29, 1.82) is 0 Å². The Bertz CT molecular complexity index is 410.